The van der Waals surface area contributed by atoms with Crippen LogP contribution in [0.2, 0.25) is 0 Å². The molecule has 0 heterocycles. The van der Waals surface area contributed by atoms with Crippen LogP contribution in [0.25, 0.3) is 0 Å². The first kappa shape index (κ1) is 16.7. The lowest BCUT2D eigenvalue weighted by Crippen LogP contribution is -2.29. The molecule has 0 amide bonds. The number of Topliss-reactive ketones (excluding diaryl/α,β-unsaturated/α-hetero) is 1. The normalized spacial score (nSPS) is 10.9. The van der Waals surface area contributed by atoms with Gasteiger partial charge in [-0.2, -0.15) is 0 Å². The van der Waals surface area contributed by atoms with Crippen LogP contribution in [0.3, 0.4) is 0 Å². The Morgan fingerprint density at radius 3 is 2.25 bits per heavy atom. The van der Waals surface area contributed by atoms with Crippen LogP contribution in [-0.4, -0.2) is 36.9 Å². The molecule has 0 atom stereocenters. The monoisotopic (exact) mass is 277 g/mol. The molecule has 0 fully saturated rings. The van der Waals surface area contributed by atoms with Gasteiger partial charge in [0.05, 0.1) is 18.7 Å². The van der Waals surface area contributed by atoms with Crippen molar-refractivity contribution in [1.29, 1.82) is 0 Å². The molecule has 0 radical (unpaired) electrons. The quantitative estimate of drug-likeness (QED) is 0.680. The molecule has 1 aromatic carbocycles. The zero-order valence-corrected chi connectivity index (χ0v) is 13.5. The van der Waals surface area contributed by atoms with Crippen molar-refractivity contribution in [3.63, 3.8) is 0 Å². The first-order valence-electron chi connectivity index (χ1n) is 7.53. The van der Waals surface area contributed by atoms with Crippen LogP contribution in [0, 0.1) is 13.8 Å². The van der Waals surface area contributed by atoms with Crippen LogP contribution in [0.4, 0.5) is 0 Å². The Morgan fingerprint density at radius 2 is 1.70 bits per heavy atom. The van der Waals surface area contributed by atoms with Crippen molar-refractivity contribution >= 4 is 5.78 Å². The minimum absolute atomic E-state index is 0.142. The van der Waals surface area contributed by atoms with Crippen LogP contribution in [0.5, 0.6) is 5.75 Å². The summed E-state index contributed by atoms with van der Waals surface area (Å²) in [4.78, 5) is 14.6. The third-order valence-corrected chi connectivity index (χ3v) is 3.62. The molecule has 112 valence electrons. The van der Waals surface area contributed by atoms with Crippen molar-refractivity contribution in [2.75, 3.05) is 26.2 Å². The summed E-state index contributed by atoms with van der Waals surface area (Å²) in [5, 5.41) is 0. The lowest BCUT2D eigenvalue weighted by molar-refractivity contribution is 0.0933. The maximum atomic E-state index is 12.5. The third kappa shape index (κ3) is 4.34. The molecule has 1 rings (SSSR count). The van der Waals surface area contributed by atoms with Crippen molar-refractivity contribution in [1.82, 2.24) is 4.90 Å². The number of carbonyl (C=O) groups excluding carboxylic acids is 1. The summed E-state index contributed by atoms with van der Waals surface area (Å²) in [6, 6.07) is 3.95. The van der Waals surface area contributed by atoms with E-state index in [1.807, 2.05) is 26.0 Å². The second-order valence-corrected chi connectivity index (χ2v) is 5.17. The van der Waals surface area contributed by atoms with Crippen molar-refractivity contribution in [3.05, 3.63) is 28.8 Å². The van der Waals surface area contributed by atoms with Gasteiger partial charge in [0.2, 0.25) is 0 Å². The molecule has 0 aliphatic carbocycles. The van der Waals surface area contributed by atoms with Crippen LogP contribution in [0.15, 0.2) is 12.1 Å². The van der Waals surface area contributed by atoms with E-state index >= 15 is 0 Å². The molecular weight excluding hydrogens is 250 g/mol. The number of aryl methyl sites for hydroxylation is 2. The number of ketones is 1. The first-order chi connectivity index (χ1) is 9.53. The predicted molar refractivity (Wildman–Crippen MR) is 83.8 cm³/mol. The predicted octanol–water partition coefficient (Wildman–Crippen LogP) is 3.62. The van der Waals surface area contributed by atoms with Crippen LogP contribution in [0.1, 0.15) is 48.7 Å². The Morgan fingerprint density at radius 1 is 1.10 bits per heavy atom. The molecular formula is C17H27NO2. The number of benzene rings is 1. The van der Waals surface area contributed by atoms with Gasteiger partial charge in [-0.15, -0.1) is 0 Å². The minimum atomic E-state index is 0.142. The number of ether oxygens (including phenoxy) is 1. The molecule has 0 aromatic heterocycles. The van der Waals surface area contributed by atoms with Gasteiger partial charge in [0.1, 0.15) is 5.75 Å². The highest BCUT2D eigenvalue weighted by atomic mass is 16.5. The van der Waals surface area contributed by atoms with E-state index < -0.39 is 0 Å². The number of nitrogens with zero attached hydrogens (tertiary/aromatic N) is 1. The standard InChI is InChI=1S/C17H27NO2/c1-6-9-20-17-11-14(5)13(4)10-15(17)16(19)12-18(7-2)8-3/h10-11H,6-9,12H2,1-5H3. The van der Waals surface area contributed by atoms with E-state index in [4.69, 9.17) is 4.74 Å². The van der Waals surface area contributed by atoms with Gasteiger partial charge in [0.25, 0.3) is 0 Å². The second kappa shape index (κ2) is 8.05. The third-order valence-electron chi connectivity index (χ3n) is 3.62. The van der Waals surface area contributed by atoms with Crippen LogP contribution < -0.4 is 4.74 Å². The van der Waals surface area contributed by atoms with E-state index in [0.717, 1.165) is 36.4 Å². The Labute approximate surface area is 122 Å². The van der Waals surface area contributed by atoms with Gasteiger partial charge >= 0.3 is 0 Å². The second-order valence-electron chi connectivity index (χ2n) is 5.17. The fourth-order valence-corrected chi connectivity index (χ4v) is 2.07. The molecule has 0 unspecified atom stereocenters. The van der Waals surface area contributed by atoms with Crippen LogP contribution in [-0.2, 0) is 0 Å². The first-order valence-corrected chi connectivity index (χ1v) is 7.53. The largest absolute Gasteiger partial charge is 0.493 e. The molecule has 20 heavy (non-hydrogen) atoms. The van der Waals surface area contributed by atoms with E-state index in [2.05, 4.69) is 25.7 Å². The highest BCUT2D eigenvalue weighted by molar-refractivity contribution is 6.00. The minimum Gasteiger partial charge on any atom is -0.493 e. The summed E-state index contributed by atoms with van der Waals surface area (Å²) >= 11 is 0. The molecule has 0 spiro atoms. The average Bonchev–Trinajstić information content (AvgIpc) is 2.45. The van der Waals surface area contributed by atoms with Crippen molar-refractivity contribution in [3.8, 4) is 5.75 Å². The van der Waals surface area contributed by atoms with Gasteiger partial charge in [0, 0.05) is 0 Å². The average molecular weight is 277 g/mol. The van der Waals surface area contributed by atoms with E-state index in [1.165, 1.54) is 0 Å². The smallest absolute Gasteiger partial charge is 0.180 e. The van der Waals surface area contributed by atoms with Gasteiger partial charge in [0.15, 0.2) is 5.78 Å². The molecule has 1 aromatic rings. The van der Waals surface area contributed by atoms with Gasteiger partial charge < -0.3 is 4.74 Å². The highest BCUT2D eigenvalue weighted by Crippen LogP contribution is 2.24. The maximum absolute atomic E-state index is 12.5. The van der Waals surface area contributed by atoms with E-state index in [-0.39, 0.29) is 5.78 Å². The molecule has 3 nitrogen and oxygen atoms in total. The molecule has 3 heteroatoms. The topological polar surface area (TPSA) is 29.5 Å². The highest BCUT2D eigenvalue weighted by Gasteiger charge is 2.16. The Hall–Kier alpha value is -1.35. The molecule has 0 aliphatic heterocycles. The Kier molecular flexibility index (Phi) is 6.73. The SMILES string of the molecule is CCCOc1cc(C)c(C)cc1C(=O)CN(CC)CC. The number of likely N-dealkylation sites (N-methyl/N-ethyl adjacent to an activating group) is 1. The molecule has 0 saturated carbocycles. The number of carbonyl (C=O) groups is 1. The van der Waals surface area contributed by atoms with Crippen LogP contribution >= 0.6 is 0 Å². The molecule has 0 bridgehead atoms. The van der Waals surface area contributed by atoms with E-state index in [0.29, 0.717) is 18.7 Å². The molecule has 0 saturated heterocycles. The van der Waals surface area contributed by atoms with E-state index in [1.54, 1.807) is 0 Å². The summed E-state index contributed by atoms with van der Waals surface area (Å²) < 4.78 is 5.75. The van der Waals surface area contributed by atoms with Crippen molar-refractivity contribution in [2.24, 2.45) is 0 Å². The Balaban J connectivity index is 3.01. The maximum Gasteiger partial charge on any atom is 0.180 e. The summed E-state index contributed by atoms with van der Waals surface area (Å²) in [7, 11) is 0. The zero-order chi connectivity index (χ0) is 15.1. The lowest BCUT2D eigenvalue weighted by Gasteiger charge is -2.19. The molecule has 0 N–H and O–H groups in total. The summed E-state index contributed by atoms with van der Waals surface area (Å²) in [6.07, 6.45) is 0.941. The summed E-state index contributed by atoms with van der Waals surface area (Å²) in [5.74, 6) is 0.870. The number of hydrogen-bond acceptors (Lipinski definition) is 3. The Bertz CT molecular complexity index is 451. The number of hydrogen-bond donors (Lipinski definition) is 0. The molecule has 0 aliphatic rings. The van der Waals surface area contributed by atoms with Gasteiger partial charge in [-0.3, -0.25) is 9.69 Å². The summed E-state index contributed by atoms with van der Waals surface area (Å²) in [5.41, 5.74) is 3.01. The van der Waals surface area contributed by atoms with E-state index in [9.17, 15) is 4.79 Å². The zero-order valence-electron chi connectivity index (χ0n) is 13.5. The fraction of sp³-hybridized carbons (Fsp3) is 0.588. The van der Waals surface area contributed by atoms with Crippen molar-refractivity contribution in [2.45, 2.75) is 41.0 Å². The fourth-order valence-electron chi connectivity index (χ4n) is 2.07. The summed E-state index contributed by atoms with van der Waals surface area (Å²) in [6.45, 7) is 13.2. The lowest BCUT2D eigenvalue weighted by atomic mass is 10.0. The number of rotatable bonds is 8. The van der Waals surface area contributed by atoms with Gasteiger partial charge in [-0.1, -0.05) is 20.8 Å². The van der Waals surface area contributed by atoms with Gasteiger partial charge in [-0.25, -0.2) is 0 Å². The van der Waals surface area contributed by atoms with Crippen molar-refractivity contribution < 1.29 is 9.53 Å². The van der Waals surface area contributed by atoms with Gasteiger partial charge in [-0.05, 0) is 56.6 Å².